The Morgan fingerprint density at radius 3 is 2.95 bits per heavy atom. The molecule has 1 heterocycles. The molecule has 21 heavy (non-hydrogen) atoms. The standard InChI is InChI=1S/C16H13BrClNO2/c17-13-6-5-12(18)8-14(13)19-16(20)11-7-10-3-1-2-4-15(10)21-9-11/h1-6,8,11H,7,9H2,(H,19,20). The Kier molecular flexibility index (Phi) is 4.17. The number of hydrogen-bond acceptors (Lipinski definition) is 2. The molecule has 0 saturated carbocycles. The van der Waals surface area contributed by atoms with Gasteiger partial charge in [-0.05, 0) is 52.2 Å². The molecule has 0 spiro atoms. The summed E-state index contributed by atoms with van der Waals surface area (Å²) in [6.45, 7) is 0.390. The molecule has 5 heteroatoms. The number of hydrogen-bond donors (Lipinski definition) is 1. The Morgan fingerprint density at radius 1 is 1.29 bits per heavy atom. The van der Waals surface area contributed by atoms with Crippen LogP contribution in [0.25, 0.3) is 0 Å². The van der Waals surface area contributed by atoms with E-state index in [9.17, 15) is 4.79 Å². The van der Waals surface area contributed by atoms with Crippen molar-refractivity contribution >= 4 is 39.1 Å². The van der Waals surface area contributed by atoms with E-state index in [0.717, 1.165) is 15.8 Å². The Hall–Kier alpha value is -1.52. The molecule has 3 nitrogen and oxygen atoms in total. The fourth-order valence-corrected chi connectivity index (χ4v) is 2.84. The molecule has 1 aliphatic rings. The first-order chi connectivity index (χ1) is 10.1. The van der Waals surface area contributed by atoms with Crippen molar-refractivity contribution in [3.8, 4) is 5.75 Å². The zero-order valence-electron chi connectivity index (χ0n) is 11.1. The summed E-state index contributed by atoms with van der Waals surface area (Å²) in [6.07, 6.45) is 0.681. The van der Waals surface area contributed by atoms with Crippen molar-refractivity contribution < 1.29 is 9.53 Å². The summed E-state index contributed by atoms with van der Waals surface area (Å²) in [4.78, 5) is 12.4. The highest BCUT2D eigenvalue weighted by molar-refractivity contribution is 9.10. The fraction of sp³-hybridized carbons (Fsp3) is 0.188. The lowest BCUT2D eigenvalue weighted by Crippen LogP contribution is -2.32. The number of amides is 1. The molecule has 2 aromatic rings. The van der Waals surface area contributed by atoms with Gasteiger partial charge in [0.1, 0.15) is 12.4 Å². The minimum atomic E-state index is -0.203. The quantitative estimate of drug-likeness (QED) is 0.861. The van der Waals surface area contributed by atoms with Crippen molar-refractivity contribution in [2.75, 3.05) is 11.9 Å². The molecule has 0 aliphatic carbocycles. The summed E-state index contributed by atoms with van der Waals surface area (Å²) < 4.78 is 6.45. The molecule has 0 radical (unpaired) electrons. The van der Waals surface area contributed by atoms with E-state index in [1.165, 1.54) is 0 Å². The molecular weight excluding hydrogens is 354 g/mol. The lowest BCUT2D eigenvalue weighted by Gasteiger charge is -2.24. The Balaban J connectivity index is 1.74. The van der Waals surface area contributed by atoms with Gasteiger partial charge in [-0.25, -0.2) is 0 Å². The zero-order chi connectivity index (χ0) is 14.8. The van der Waals surface area contributed by atoms with E-state index in [1.54, 1.807) is 12.1 Å². The first-order valence-corrected chi connectivity index (χ1v) is 7.77. The summed E-state index contributed by atoms with van der Waals surface area (Å²) in [5.74, 6) is 0.601. The van der Waals surface area contributed by atoms with Gasteiger partial charge in [-0.1, -0.05) is 29.8 Å². The second-order valence-corrected chi connectivity index (χ2v) is 6.22. The van der Waals surface area contributed by atoms with Gasteiger partial charge in [-0.2, -0.15) is 0 Å². The van der Waals surface area contributed by atoms with Gasteiger partial charge in [-0.15, -0.1) is 0 Å². The normalized spacial score (nSPS) is 16.8. The van der Waals surface area contributed by atoms with Gasteiger partial charge in [0.05, 0.1) is 11.6 Å². The van der Waals surface area contributed by atoms with Crippen LogP contribution in [-0.2, 0) is 11.2 Å². The molecule has 2 aromatic carbocycles. The first kappa shape index (κ1) is 14.4. The number of halogens is 2. The molecule has 0 bridgehead atoms. The number of fused-ring (bicyclic) bond motifs is 1. The number of ether oxygens (including phenoxy) is 1. The highest BCUT2D eigenvalue weighted by atomic mass is 79.9. The number of carbonyl (C=O) groups excluding carboxylic acids is 1. The summed E-state index contributed by atoms with van der Waals surface area (Å²) in [7, 11) is 0. The molecule has 108 valence electrons. The van der Waals surface area contributed by atoms with Crippen LogP contribution in [0.1, 0.15) is 5.56 Å². The van der Waals surface area contributed by atoms with Gasteiger partial charge in [0, 0.05) is 9.50 Å². The van der Waals surface area contributed by atoms with E-state index < -0.39 is 0 Å². The molecule has 0 fully saturated rings. The fourth-order valence-electron chi connectivity index (χ4n) is 2.32. The van der Waals surface area contributed by atoms with Gasteiger partial charge in [0.15, 0.2) is 0 Å². The summed E-state index contributed by atoms with van der Waals surface area (Å²) in [5, 5.41) is 3.48. The Morgan fingerprint density at radius 2 is 2.10 bits per heavy atom. The molecule has 3 rings (SSSR count). The topological polar surface area (TPSA) is 38.3 Å². The Labute approximate surface area is 136 Å². The number of anilines is 1. The van der Waals surface area contributed by atoms with Crippen LogP contribution in [0, 0.1) is 5.92 Å². The van der Waals surface area contributed by atoms with Crippen LogP contribution in [0.2, 0.25) is 5.02 Å². The largest absolute Gasteiger partial charge is 0.492 e. The van der Waals surface area contributed by atoms with Crippen LogP contribution in [0.5, 0.6) is 5.75 Å². The molecule has 0 saturated heterocycles. The highest BCUT2D eigenvalue weighted by Crippen LogP contribution is 2.29. The first-order valence-electron chi connectivity index (χ1n) is 6.60. The van der Waals surface area contributed by atoms with E-state index in [2.05, 4.69) is 21.2 Å². The van der Waals surface area contributed by atoms with E-state index >= 15 is 0 Å². The molecular formula is C16H13BrClNO2. The van der Waals surface area contributed by atoms with Gasteiger partial charge in [0.25, 0.3) is 0 Å². The third-order valence-corrected chi connectivity index (χ3v) is 4.36. The second kappa shape index (κ2) is 6.08. The number of carbonyl (C=O) groups is 1. The smallest absolute Gasteiger partial charge is 0.231 e. The van der Waals surface area contributed by atoms with Crippen LogP contribution >= 0.6 is 27.5 Å². The predicted molar refractivity (Wildman–Crippen MR) is 86.9 cm³/mol. The number of nitrogens with one attached hydrogen (secondary N) is 1. The zero-order valence-corrected chi connectivity index (χ0v) is 13.4. The van der Waals surface area contributed by atoms with Gasteiger partial charge in [0.2, 0.25) is 5.91 Å². The number of benzene rings is 2. The van der Waals surface area contributed by atoms with E-state index in [-0.39, 0.29) is 11.8 Å². The summed E-state index contributed by atoms with van der Waals surface area (Å²) in [6, 6.07) is 13.1. The van der Waals surface area contributed by atoms with E-state index in [4.69, 9.17) is 16.3 Å². The summed E-state index contributed by atoms with van der Waals surface area (Å²) in [5.41, 5.74) is 1.74. The summed E-state index contributed by atoms with van der Waals surface area (Å²) >= 11 is 9.36. The third kappa shape index (κ3) is 3.22. The van der Waals surface area contributed by atoms with Crippen molar-refractivity contribution in [2.45, 2.75) is 6.42 Å². The van der Waals surface area contributed by atoms with Crippen molar-refractivity contribution in [3.05, 3.63) is 57.5 Å². The molecule has 1 N–H and O–H groups in total. The van der Waals surface area contributed by atoms with E-state index in [0.29, 0.717) is 23.7 Å². The second-order valence-electron chi connectivity index (χ2n) is 4.93. The minimum absolute atomic E-state index is 0.0625. The maximum Gasteiger partial charge on any atom is 0.231 e. The van der Waals surface area contributed by atoms with Crippen LogP contribution in [0.15, 0.2) is 46.9 Å². The van der Waals surface area contributed by atoms with Crippen molar-refractivity contribution in [3.63, 3.8) is 0 Å². The van der Waals surface area contributed by atoms with Gasteiger partial charge >= 0.3 is 0 Å². The number of para-hydroxylation sites is 1. The maximum absolute atomic E-state index is 12.4. The molecule has 1 aliphatic heterocycles. The van der Waals surface area contributed by atoms with Crippen LogP contribution < -0.4 is 10.1 Å². The van der Waals surface area contributed by atoms with Crippen molar-refractivity contribution in [1.29, 1.82) is 0 Å². The average Bonchev–Trinajstić information content (AvgIpc) is 2.50. The monoisotopic (exact) mass is 365 g/mol. The maximum atomic E-state index is 12.4. The van der Waals surface area contributed by atoms with Crippen molar-refractivity contribution in [1.82, 2.24) is 0 Å². The lowest BCUT2D eigenvalue weighted by molar-refractivity contribution is -0.121. The minimum Gasteiger partial charge on any atom is -0.492 e. The van der Waals surface area contributed by atoms with E-state index in [1.807, 2.05) is 30.3 Å². The highest BCUT2D eigenvalue weighted by Gasteiger charge is 2.26. The van der Waals surface area contributed by atoms with Crippen molar-refractivity contribution in [2.24, 2.45) is 5.92 Å². The molecule has 0 aromatic heterocycles. The Bertz CT molecular complexity index is 690. The van der Waals surface area contributed by atoms with Gasteiger partial charge < -0.3 is 10.1 Å². The molecule has 1 atom stereocenters. The van der Waals surface area contributed by atoms with Crippen LogP contribution in [0.3, 0.4) is 0 Å². The molecule has 1 amide bonds. The van der Waals surface area contributed by atoms with Crippen LogP contribution in [-0.4, -0.2) is 12.5 Å². The third-order valence-electron chi connectivity index (χ3n) is 3.44. The number of rotatable bonds is 2. The SMILES string of the molecule is O=C(Nc1cc(Cl)ccc1Br)C1COc2ccccc2C1. The predicted octanol–water partition coefficient (Wildman–Crippen LogP) is 4.29. The lowest BCUT2D eigenvalue weighted by atomic mass is 9.96. The van der Waals surface area contributed by atoms with Crippen LogP contribution in [0.4, 0.5) is 5.69 Å². The molecule has 1 unspecified atom stereocenters. The average molecular weight is 367 g/mol. The van der Waals surface area contributed by atoms with Gasteiger partial charge in [-0.3, -0.25) is 4.79 Å².